The number of hydrogen-bond acceptors (Lipinski definition) is 3. The second-order valence-electron chi connectivity index (χ2n) is 5.52. The summed E-state index contributed by atoms with van der Waals surface area (Å²) in [6, 6.07) is 6.59. The number of nitrogens with two attached hydrogens (primary N) is 1. The zero-order chi connectivity index (χ0) is 13.4. The van der Waals surface area contributed by atoms with Crippen molar-refractivity contribution in [2.24, 2.45) is 0 Å². The van der Waals surface area contributed by atoms with Gasteiger partial charge in [-0.05, 0) is 36.5 Å². The summed E-state index contributed by atoms with van der Waals surface area (Å²) < 4.78 is 0. The van der Waals surface area contributed by atoms with E-state index in [2.05, 4.69) is 42.0 Å². The van der Waals surface area contributed by atoms with Crippen LogP contribution in [0.5, 0.6) is 0 Å². The number of anilines is 1. The number of fused-ring (bicyclic) bond motifs is 1. The molecule has 2 N–H and O–H groups in total. The van der Waals surface area contributed by atoms with E-state index in [9.17, 15) is 0 Å². The Bertz CT molecular complexity index is 617. The highest BCUT2D eigenvalue weighted by molar-refractivity contribution is 5.72. The Kier molecular flexibility index (Phi) is 2.97. The summed E-state index contributed by atoms with van der Waals surface area (Å²) in [5, 5.41) is 0. The van der Waals surface area contributed by atoms with E-state index in [0.29, 0.717) is 11.6 Å². The normalized spacial score (nSPS) is 13.8. The maximum Gasteiger partial charge on any atom is 0.131 e. The molecule has 0 saturated carbocycles. The number of nitrogen functional groups attached to an aromatic ring is 1. The standard InChI is InChI=1S/C16H19N3/c1-10(2)16-18-9-14(17)15(19-16)13-7-6-11-4-3-5-12(11)8-13/h6-10H,3-5,17H2,1-2H3. The Morgan fingerprint density at radius 1 is 1.16 bits per heavy atom. The van der Waals surface area contributed by atoms with Gasteiger partial charge in [0.05, 0.1) is 17.6 Å². The molecule has 1 aliphatic rings. The fourth-order valence-electron chi connectivity index (χ4n) is 2.63. The van der Waals surface area contributed by atoms with Gasteiger partial charge in [-0.2, -0.15) is 0 Å². The Morgan fingerprint density at radius 2 is 1.95 bits per heavy atom. The van der Waals surface area contributed by atoms with Gasteiger partial charge in [0.2, 0.25) is 0 Å². The molecule has 0 radical (unpaired) electrons. The molecular weight excluding hydrogens is 234 g/mol. The van der Waals surface area contributed by atoms with E-state index in [4.69, 9.17) is 5.73 Å². The van der Waals surface area contributed by atoms with Crippen LogP contribution in [0, 0.1) is 0 Å². The average Bonchev–Trinajstić information content (AvgIpc) is 2.86. The molecule has 0 aliphatic heterocycles. The summed E-state index contributed by atoms with van der Waals surface area (Å²) in [7, 11) is 0. The van der Waals surface area contributed by atoms with Crippen molar-refractivity contribution < 1.29 is 0 Å². The van der Waals surface area contributed by atoms with E-state index in [1.165, 1.54) is 30.4 Å². The quantitative estimate of drug-likeness (QED) is 0.893. The van der Waals surface area contributed by atoms with Crippen molar-refractivity contribution in [1.82, 2.24) is 9.97 Å². The van der Waals surface area contributed by atoms with Gasteiger partial charge in [0.25, 0.3) is 0 Å². The molecule has 1 aromatic carbocycles. The van der Waals surface area contributed by atoms with Gasteiger partial charge >= 0.3 is 0 Å². The summed E-state index contributed by atoms with van der Waals surface area (Å²) in [5.41, 5.74) is 11.6. The van der Waals surface area contributed by atoms with Crippen molar-refractivity contribution in [1.29, 1.82) is 0 Å². The molecule has 0 fully saturated rings. The lowest BCUT2D eigenvalue weighted by atomic mass is 10.0. The lowest BCUT2D eigenvalue weighted by Gasteiger charge is -2.10. The molecule has 3 rings (SSSR count). The highest BCUT2D eigenvalue weighted by Gasteiger charge is 2.14. The van der Waals surface area contributed by atoms with Crippen molar-refractivity contribution in [3.8, 4) is 11.3 Å². The van der Waals surface area contributed by atoms with Crippen LogP contribution in [0.4, 0.5) is 5.69 Å². The summed E-state index contributed by atoms with van der Waals surface area (Å²) >= 11 is 0. The number of benzene rings is 1. The molecule has 1 aliphatic carbocycles. The van der Waals surface area contributed by atoms with E-state index in [0.717, 1.165) is 17.1 Å². The summed E-state index contributed by atoms with van der Waals surface area (Å²) in [6.45, 7) is 4.19. The molecular formula is C16H19N3. The van der Waals surface area contributed by atoms with Gasteiger partial charge in [-0.25, -0.2) is 9.97 Å². The first kappa shape index (κ1) is 12.2. The molecule has 3 nitrogen and oxygen atoms in total. The molecule has 1 aromatic heterocycles. The van der Waals surface area contributed by atoms with Gasteiger partial charge in [0.15, 0.2) is 0 Å². The van der Waals surface area contributed by atoms with Gasteiger partial charge in [-0.15, -0.1) is 0 Å². The molecule has 3 heteroatoms. The molecule has 0 atom stereocenters. The fraction of sp³-hybridized carbons (Fsp3) is 0.375. The number of rotatable bonds is 2. The Morgan fingerprint density at radius 3 is 2.74 bits per heavy atom. The van der Waals surface area contributed by atoms with Gasteiger partial charge in [0, 0.05) is 11.5 Å². The monoisotopic (exact) mass is 253 g/mol. The number of nitrogens with zero attached hydrogens (tertiary/aromatic N) is 2. The molecule has 2 aromatic rings. The third-order valence-electron chi connectivity index (χ3n) is 3.72. The smallest absolute Gasteiger partial charge is 0.131 e. The maximum absolute atomic E-state index is 6.04. The lowest BCUT2D eigenvalue weighted by molar-refractivity contribution is 0.777. The van der Waals surface area contributed by atoms with Crippen LogP contribution < -0.4 is 5.73 Å². The topological polar surface area (TPSA) is 51.8 Å². The van der Waals surface area contributed by atoms with Crippen LogP contribution >= 0.6 is 0 Å². The fourth-order valence-corrected chi connectivity index (χ4v) is 2.63. The second-order valence-corrected chi connectivity index (χ2v) is 5.52. The molecule has 98 valence electrons. The van der Waals surface area contributed by atoms with Crippen LogP contribution in [0.15, 0.2) is 24.4 Å². The van der Waals surface area contributed by atoms with Crippen molar-refractivity contribution in [3.05, 3.63) is 41.3 Å². The summed E-state index contributed by atoms with van der Waals surface area (Å²) in [6.07, 6.45) is 5.36. The molecule has 0 unspecified atom stereocenters. The lowest BCUT2D eigenvalue weighted by Crippen LogP contribution is -2.02. The number of aromatic nitrogens is 2. The largest absolute Gasteiger partial charge is 0.396 e. The predicted octanol–water partition coefficient (Wildman–Crippen LogP) is 3.34. The SMILES string of the molecule is CC(C)c1ncc(N)c(-c2ccc3c(c2)CCC3)n1. The first-order chi connectivity index (χ1) is 9.15. The maximum atomic E-state index is 6.04. The van der Waals surface area contributed by atoms with Crippen molar-refractivity contribution in [2.45, 2.75) is 39.0 Å². The molecule has 0 bridgehead atoms. The van der Waals surface area contributed by atoms with E-state index in [1.54, 1.807) is 6.20 Å². The first-order valence-electron chi connectivity index (χ1n) is 6.89. The van der Waals surface area contributed by atoms with Crippen molar-refractivity contribution in [3.63, 3.8) is 0 Å². The van der Waals surface area contributed by atoms with Crippen molar-refractivity contribution in [2.75, 3.05) is 5.73 Å². The number of hydrogen-bond donors (Lipinski definition) is 1. The molecule has 0 saturated heterocycles. The Labute approximate surface area is 113 Å². The van der Waals surface area contributed by atoms with Gasteiger partial charge in [0.1, 0.15) is 5.82 Å². The van der Waals surface area contributed by atoms with Crippen LogP contribution in [0.1, 0.15) is 43.1 Å². The third-order valence-corrected chi connectivity index (χ3v) is 3.72. The van der Waals surface area contributed by atoms with Crippen LogP contribution in [-0.4, -0.2) is 9.97 Å². The van der Waals surface area contributed by atoms with E-state index in [1.807, 2.05) is 0 Å². The van der Waals surface area contributed by atoms with Gasteiger partial charge in [-0.3, -0.25) is 0 Å². The van der Waals surface area contributed by atoms with Crippen LogP contribution in [-0.2, 0) is 12.8 Å². The molecule has 0 amide bonds. The summed E-state index contributed by atoms with van der Waals surface area (Å²) in [4.78, 5) is 8.93. The highest BCUT2D eigenvalue weighted by Crippen LogP contribution is 2.30. The van der Waals surface area contributed by atoms with Crippen LogP contribution in [0.2, 0.25) is 0 Å². The minimum Gasteiger partial charge on any atom is -0.396 e. The minimum atomic E-state index is 0.314. The summed E-state index contributed by atoms with van der Waals surface area (Å²) in [5.74, 6) is 1.17. The first-order valence-corrected chi connectivity index (χ1v) is 6.89. The molecule has 19 heavy (non-hydrogen) atoms. The van der Waals surface area contributed by atoms with Crippen molar-refractivity contribution >= 4 is 5.69 Å². The zero-order valence-electron chi connectivity index (χ0n) is 11.5. The Balaban J connectivity index is 2.08. The van der Waals surface area contributed by atoms with Gasteiger partial charge in [-0.1, -0.05) is 26.0 Å². The Hall–Kier alpha value is -1.90. The van der Waals surface area contributed by atoms with Gasteiger partial charge < -0.3 is 5.73 Å². The number of aryl methyl sites for hydroxylation is 2. The predicted molar refractivity (Wildman–Crippen MR) is 78.0 cm³/mol. The van der Waals surface area contributed by atoms with Crippen LogP contribution in [0.3, 0.4) is 0 Å². The molecule has 0 spiro atoms. The van der Waals surface area contributed by atoms with E-state index >= 15 is 0 Å². The molecule has 1 heterocycles. The van der Waals surface area contributed by atoms with E-state index in [-0.39, 0.29) is 0 Å². The highest BCUT2D eigenvalue weighted by atomic mass is 14.9. The zero-order valence-corrected chi connectivity index (χ0v) is 11.5. The average molecular weight is 253 g/mol. The second kappa shape index (κ2) is 4.65. The van der Waals surface area contributed by atoms with Crippen LogP contribution in [0.25, 0.3) is 11.3 Å². The minimum absolute atomic E-state index is 0.314. The third kappa shape index (κ3) is 2.21. The van der Waals surface area contributed by atoms with E-state index < -0.39 is 0 Å².